The van der Waals surface area contributed by atoms with E-state index in [9.17, 15) is 4.79 Å². The lowest BCUT2D eigenvalue weighted by atomic mass is 9.98. The molecule has 1 fully saturated rings. The minimum Gasteiger partial charge on any atom is -0.466 e. The summed E-state index contributed by atoms with van der Waals surface area (Å²) in [6.45, 7) is 4.93. The first-order valence-corrected chi connectivity index (χ1v) is 7.10. The van der Waals surface area contributed by atoms with Gasteiger partial charge < -0.3 is 10.5 Å². The highest BCUT2D eigenvalue weighted by Gasteiger charge is 2.26. The molecular weight excluding hydrogens is 286 g/mol. The van der Waals surface area contributed by atoms with Crippen molar-refractivity contribution in [3.8, 4) is 0 Å². The number of carbonyl (C=O) groups is 1. The number of piperidine rings is 1. The van der Waals surface area contributed by atoms with Crippen LogP contribution >= 0.6 is 23.7 Å². The van der Waals surface area contributed by atoms with E-state index in [0.717, 1.165) is 37.4 Å². The quantitative estimate of drug-likeness (QED) is 0.861. The van der Waals surface area contributed by atoms with Gasteiger partial charge in [-0.3, -0.25) is 9.69 Å². The van der Waals surface area contributed by atoms with Crippen molar-refractivity contribution in [1.82, 2.24) is 9.88 Å². The summed E-state index contributed by atoms with van der Waals surface area (Å²) in [4.78, 5) is 19.2. The van der Waals surface area contributed by atoms with Crippen LogP contribution in [0.2, 0.25) is 0 Å². The average Bonchev–Trinajstić information content (AvgIpc) is 2.75. The van der Waals surface area contributed by atoms with Gasteiger partial charge >= 0.3 is 5.97 Å². The summed E-state index contributed by atoms with van der Waals surface area (Å²) in [7, 11) is 0. The number of esters is 1. The second-order valence-corrected chi connectivity index (χ2v) is 5.64. The molecule has 1 aliphatic heterocycles. The van der Waals surface area contributed by atoms with E-state index < -0.39 is 0 Å². The molecule has 1 atom stereocenters. The Balaban J connectivity index is 0.00000180. The van der Waals surface area contributed by atoms with Crippen LogP contribution in [-0.2, 0) is 16.1 Å². The first kappa shape index (κ1) is 16.2. The average molecular weight is 306 g/mol. The Morgan fingerprint density at radius 2 is 2.47 bits per heavy atom. The van der Waals surface area contributed by atoms with E-state index in [0.29, 0.717) is 11.7 Å². The summed E-state index contributed by atoms with van der Waals surface area (Å²) < 4.78 is 5.09. The number of nitrogen functional groups attached to an aromatic ring is 1. The number of rotatable bonds is 4. The maximum Gasteiger partial charge on any atom is 0.310 e. The van der Waals surface area contributed by atoms with Gasteiger partial charge in [0.15, 0.2) is 5.13 Å². The molecule has 1 saturated heterocycles. The first-order chi connectivity index (χ1) is 8.69. The van der Waals surface area contributed by atoms with Crippen LogP contribution in [-0.4, -0.2) is 35.5 Å². The molecule has 1 aromatic heterocycles. The largest absolute Gasteiger partial charge is 0.466 e. The lowest BCUT2D eigenvalue weighted by Crippen LogP contribution is -2.38. The Morgan fingerprint density at radius 3 is 3.11 bits per heavy atom. The summed E-state index contributed by atoms with van der Waals surface area (Å²) in [5, 5.41) is 0.601. The van der Waals surface area contributed by atoms with Crippen molar-refractivity contribution in [3.05, 3.63) is 11.1 Å². The molecule has 0 aromatic carbocycles. The number of nitrogens with zero attached hydrogens (tertiary/aromatic N) is 2. The molecule has 2 rings (SSSR count). The third-order valence-electron chi connectivity index (χ3n) is 3.08. The van der Waals surface area contributed by atoms with Crippen molar-refractivity contribution < 1.29 is 9.53 Å². The minimum absolute atomic E-state index is 0. The number of halogens is 1. The van der Waals surface area contributed by atoms with Crippen LogP contribution in [0.4, 0.5) is 5.13 Å². The topological polar surface area (TPSA) is 68.5 Å². The Hall–Kier alpha value is -0.850. The van der Waals surface area contributed by atoms with Crippen molar-refractivity contribution in [2.45, 2.75) is 26.3 Å². The number of nitrogens with two attached hydrogens (primary N) is 1. The van der Waals surface area contributed by atoms with Crippen molar-refractivity contribution in [2.75, 3.05) is 25.4 Å². The van der Waals surface area contributed by atoms with Crippen molar-refractivity contribution in [1.29, 1.82) is 0 Å². The van der Waals surface area contributed by atoms with E-state index >= 15 is 0 Å². The monoisotopic (exact) mass is 305 g/mol. The summed E-state index contributed by atoms with van der Waals surface area (Å²) >= 11 is 1.51. The number of carbonyl (C=O) groups excluding carboxylic acids is 1. The SMILES string of the molecule is CCOC(=O)[C@H]1CCCN(Cc2cnc(N)s2)C1.Cl. The predicted molar refractivity (Wildman–Crippen MR) is 78.4 cm³/mol. The van der Waals surface area contributed by atoms with Crippen LogP contribution in [0.5, 0.6) is 0 Å². The molecule has 2 N–H and O–H groups in total. The Labute approximate surface area is 123 Å². The Kier molecular flexibility index (Phi) is 6.54. The van der Waals surface area contributed by atoms with Gasteiger partial charge in [0.1, 0.15) is 0 Å². The van der Waals surface area contributed by atoms with E-state index in [1.165, 1.54) is 11.3 Å². The van der Waals surface area contributed by atoms with Gasteiger partial charge in [0, 0.05) is 24.2 Å². The van der Waals surface area contributed by atoms with E-state index in [-0.39, 0.29) is 24.3 Å². The number of thiazole rings is 1. The lowest BCUT2D eigenvalue weighted by Gasteiger charge is -2.30. The van der Waals surface area contributed by atoms with E-state index in [1.54, 1.807) is 0 Å². The van der Waals surface area contributed by atoms with Crippen molar-refractivity contribution >= 4 is 34.8 Å². The first-order valence-electron chi connectivity index (χ1n) is 6.28. The number of hydrogen-bond acceptors (Lipinski definition) is 6. The molecule has 1 aromatic rings. The van der Waals surface area contributed by atoms with E-state index in [2.05, 4.69) is 9.88 Å². The molecule has 7 heteroatoms. The fourth-order valence-corrected chi connectivity index (χ4v) is 2.99. The van der Waals surface area contributed by atoms with Gasteiger partial charge in [0.25, 0.3) is 0 Å². The Bertz CT molecular complexity index is 413. The van der Waals surface area contributed by atoms with Crippen molar-refractivity contribution in [2.24, 2.45) is 5.92 Å². The van der Waals surface area contributed by atoms with Gasteiger partial charge in [-0.1, -0.05) is 0 Å². The molecule has 5 nitrogen and oxygen atoms in total. The summed E-state index contributed by atoms with van der Waals surface area (Å²) in [5.74, 6) is -0.0463. The maximum absolute atomic E-state index is 11.7. The predicted octanol–water partition coefficient (Wildman–Crippen LogP) is 1.92. The van der Waals surface area contributed by atoms with Crippen LogP contribution in [0.15, 0.2) is 6.20 Å². The highest BCUT2D eigenvalue weighted by Crippen LogP contribution is 2.22. The van der Waals surface area contributed by atoms with Crippen LogP contribution in [0.3, 0.4) is 0 Å². The van der Waals surface area contributed by atoms with E-state index in [4.69, 9.17) is 10.5 Å². The fraction of sp³-hybridized carbons (Fsp3) is 0.667. The molecule has 0 saturated carbocycles. The molecule has 0 aliphatic carbocycles. The molecule has 0 radical (unpaired) electrons. The highest BCUT2D eigenvalue weighted by molar-refractivity contribution is 7.15. The molecule has 0 spiro atoms. The molecule has 1 aliphatic rings. The molecule has 0 unspecified atom stereocenters. The van der Waals surface area contributed by atoms with Gasteiger partial charge in [0.2, 0.25) is 0 Å². The smallest absolute Gasteiger partial charge is 0.310 e. The van der Waals surface area contributed by atoms with Gasteiger partial charge in [-0.15, -0.1) is 23.7 Å². The Morgan fingerprint density at radius 1 is 1.68 bits per heavy atom. The minimum atomic E-state index is -0.0639. The fourth-order valence-electron chi connectivity index (χ4n) is 2.27. The molecule has 2 heterocycles. The normalized spacial score (nSPS) is 19.7. The van der Waals surface area contributed by atoms with Crippen LogP contribution in [0.25, 0.3) is 0 Å². The third-order valence-corrected chi connectivity index (χ3v) is 3.89. The molecule has 108 valence electrons. The second-order valence-electron chi connectivity index (χ2n) is 4.49. The zero-order valence-corrected chi connectivity index (χ0v) is 12.6. The highest BCUT2D eigenvalue weighted by atomic mass is 35.5. The van der Waals surface area contributed by atoms with Crippen LogP contribution in [0, 0.1) is 5.92 Å². The maximum atomic E-state index is 11.7. The summed E-state index contributed by atoms with van der Waals surface area (Å²) in [6.07, 6.45) is 3.78. The zero-order chi connectivity index (χ0) is 13.0. The lowest BCUT2D eigenvalue weighted by molar-refractivity contribution is -0.150. The zero-order valence-electron chi connectivity index (χ0n) is 11.0. The molecular formula is C12H20ClN3O2S. The van der Waals surface area contributed by atoms with Crippen molar-refractivity contribution in [3.63, 3.8) is 0 Å². The van der Waals surface area contributed by atoms with Gasteiger partial charge in [-0.2, -0.15) is 0 Å². The third kappa shape index (κ3) is 4.63. The number of ether oxygens (including phenoxy) is 1. The van der Waals surface area contributed by atoms with E-state index in [1.807, 2.05) is 13.1 Å². The number of hydrogen-bond donors (Lipinski definition) is 1. The standard InChI is InChI=1S/C12H19N3O2S.ClH/c1-2-17-11(16)9-4-3-5-15(7-9)8-10-6-14-12(13)18-10;/h6,9H,2-5,7-8H2,1H3,(H2,13,14);1H/t9-;/m0./s1. The number of likely N-dealkylation sites (tertiary alicyclic amines) is 1. The second kappa shape index (κ2) is 7.67. The number of anilines is 1. The van der Waals surface area contributed by atoms with Crippen LogP contribution in [0.1, 0.15) is 24.6 Å². The molecule has 0 bridgehead atoms. The number of aromatic nitrogens is 1. The summed E-state index contributed by atoms with van der Waals surface area (Å²) in [6, 6.07) is 0. The van der Waals surface area contributed by atoms with Gasteiger partial charge in [0.05, 0.1) is 12.5 Å². The molecule has 0 amide bonds. The molecule has 19 heavy (non-hydrogen) atoms. The van der Waals surface area contributed by atoms with Gasteiger partial charge in [-0.05, 0) is 26.3 Å². The summed E-state index contributed by atoms with van der Waals surface area (Å²) in [5.41, 5.74) is 5.61. The van der Waals surface area contributed by atoms with Gasteiger partial charge in [-0.25, -0.2) is 4.98 Å². The van der Waals surface area contributed by atoms with Crippen LogP contribution < -0.4 is 5.73 Å².